The zero-order valence-corrected chi connectivity index (χ0v) is 13.4. The summed E-state index contributed by atoms with van der Waals surface area (Å²) in [6, 6.07) is 12.3. The van der Waals surface area contributed by atoms with E-state index in [1.165, 1.54) is 0 Å². The summed E-state index contributed by atoms with van der Waals surface area (Å²) in [5.74, 6) is 0.739. The lowest BCUT2D eigenvalue weighted by Gasteiger charge is -2.09. The van der Waals surface area contributed by atoms with Gasteiger partial charge in [0.1, 0.15) is 11.4 Å². The van der Waals surface area contributed by atoms with Crippen LogP contribution < -0.4 is 10.1 Å². The lowest BCUT2D eigenvalue weighted by Crippen LogP contribution is -2.17. The van der Waals surface area contributed by atoms with E-state index in [1.54, 1.807) is 53.3 Å². The van der Waals surface area contributed by atoms with E-state index < -0.39 is 0 Å². The number of amides is 1. The van der Waals surface area contributed by atoms with E-state index >= 15 is 0 Å². The lowest BCUT2D eigenvalue weighted by molar-refractivity contribution is 0.101. The van der Waals surface area contributed by atoms with E-state index in [0.717, 1.165) is 5.69 Å². The van der Waals surface area contributed by atoms with Crippen molar-refractivity contribution in [2.75, 3.05) is 5.32 Å². The van der Waals surface area contributed by atoms with Gasteiger partial charge in [-0.15, -0.1) is 5.10 Å². The first-order chi connectivity index (χ1) is 11.7. The molecule has 2 heterocycles. The Morgan fingerprint density at radius 1 is 1.25 bits per heavy atom. The van der Waals surface area contributed by atoms with E-state index in [1.807, 2.05) is 13.8 Å². The summed E-state index contributed by atoms with van der Waals surface area (Å²) < 4.78 is 7.28. The minimum Gasteiger partial charge on any atom is -0.437 e. The van der Waals surface area contributed by atoms with Crippen molar-refractivity contribution >= 4 is 11.6 Å². The molecule has 0 bridgehead atoms. The Balaban J connectivity index is 1.75. The quantitative estimate of drug-likeness (QED) is 0.780. The van der Waals surface area contributed by atoms with Crippen LogP contribution in [0.3, 0.4) is 0 Å². The second-order valence-electron chi connectivity index (χ2n) is 5.13. The van der Waals surface area contributed by atoms with E-state index in [2.05, 4.69) is 20.6 Å². The Bertz CT molecular complexity index is 845. The van der Waals surface area contributed by atoms with Gasteiger partial charge in [-0.1, -0.05) is 6.07 Å². The van der Waals surface area contributed by atoms with Gasteiger partial charge in [0.15, 0.2) is 0 Å². The third-order valence-corrected chi connectivity index (χ3v) is 3.30. The number of hydrogen-bond donors (Lipinski definition) is 1. The van der Waals surface area contributed by atoms with E-state index in [-0.39, 0.29) is 5.91 Å². The van der Waals surface area contributed by atoms with Crippen LogP contribution >= 0.6 is 0 Å². The molecule has 0 unspecified atom stereocenters. The maximum Gasteiger partial charge on any atom is 0.273 e. The smallest absolute Gasteiger partial charge is 0.273 e. The normalized spacial score (nSPS) is 10.4. The molecule has 0 fully saturated rings. The second kappa shape index (κ2) is 6.91. The third-order valence-electron chi connectivity index (χ3n) is 3.30. The Kier molecular flexibility index (Phi) is 4.51. The number of ether oxygens (including phenoxy) is 1. The van der Waals surface area contributed by atoms with Crippen LogP contribution in [-0.4, -0.2) is 25.9 Å². The number of benzene rings is 1. The highest BCUT2D eigenvalue weighted by Crippen LogP contribution is 2.22. The van der Waals surface area contributed by atoms with Crippen LogP contribution in [0.1, 0.15) is 23.1 Å². The van der Waals surface area contributed by atoms with E-state index in [0.29, 0.717) is 29.6 Å². The minimum atomic E-state index is -0.214. The van der Waals surface area contributed by atoms with Crippen molar-refractivity contribution < 1.29 is 9.53 Å². The first-order valence-corrected chi connectivity index (χ1v) is 7.57. The zero-order valence-electron chi connectivity index (χ0n) is 13.4. The summed E-state index contributed by atoms with van der Waals surface area (Å²) in [6.45, 7) is 4.43. The first kappa shape index (κ1) is 15.7. The number of aromatic nitrogens is 4. The molecule has 1 aromatic carbocycles. The standard InChI is InChI=1S/C17H17N5O2/c1-3-22-15(10-12(2)21-22)17(23)19-13-6-4-7-14(11-13)24-16-8-5-9-18-20-16/h4-11H,3H2,1-2H3,(H,19,23). The number of nitrogens with zero attached hydrogens (tertiary/aromatic N) is 4. The topological polar surface area (TPSA) is 81.9 Å². The summed E-state index contributed by atoms with van der Waals surface area (Å²) in [5.41, 5.74) is 1.96. The van der Waals surface area contributed by atoms with Gasteiger partial charge in [0.2, 0.25) is 5.88 Å². The molecule has 3 aromatic rings. The summed E-state index contributed by atoms with van der Waals surface area (Å²) >= 11 is 0. The van der Waals surface area contributed by atoms with Gasteiger partial charge >= 0.3 is 0 Å². The molecule has 0 radical (unpaired) electrons. The number of hydrogen-bond acceptors (Lipinski definition) is 5. The fraction of sp³-hybridized carbons (Fsp3) is 0.176. The third kappa shape index (κ3) is 3.57. The Morgan fingerprint density at radius 3 is 2.88 bits per heavy atom. The average Bonchev–Trinajstić information content (AvgIpc) is 2.97. The average molecular weight is 323 g/mol. The number of carbonyl (C=O) groups is 1. The molecular formula is C17H17N5O2. The van der Waals surface area contributed by atoms with Crippen molar-refractivity contribution in [1.82, 2.24) is 20.0 Å². The Morgan fingerprint density at radius 2 is 2.12 bits per heavy atom. The molecule has 0 saturated carbocycles. The molecule has 7 heteroatoms. The highest BCUT2D eigenvalue weighted by atomic mass is 16.5. The van der Waals surface area contributed by atoms with Crippen LogP contribution in [0, 0.1) is 6.92 Å². The fourth-order valence-electron chi connectivity index (χ4n) is 2.26. The lowest BCUT2D eigenvalue weighted by atomic mass is 10.2. The number of aryl methyl sites for hydroxylation is 2. The zero-order chi connectivity index (χ0) is 16.9. The number of carbonyl (C=O) groups excluding carboxylic acids is 1. The van der Waals surface area contributed by atoms with Crippen LogP contribution in [-0.2, 0) is 6.54 Å². The highest BCUT2D eigenvalue weighted by molar-refractivity contribution is 6.03. The van der Waals surface area contributed by atoms with Crippen LogP contribution in [0.5, 0.6) is 11.6 Å². The van der Waals surface area contributed by atoms with Gasteiger partial charge < -0.3 is 10.1 Å². The monoisotopic (exact) mass is 323 g/mol. The summed E-state index contributed by atoms with van der Waals surface area (Å²) in [6.07, 6.45) is 1.57. The predicted octanol–water partition coefficient (Wildman–Crippen LogP) is 3.05. The largest absolute Gasteiger partial charge is 0.437 e. The molecule has 3 rings (SSSR count). The molecule has 7 nitrogen and oxygen atoms in total. The molecule has 1 amide bonds. The molecule has 24 heavy (non-hydrogen) atoms. The molecule has 1 N–H and O–H groups in total. The molecule has 0 spiro atoms. The molecular weight excluding hydrogens is 306 g/mol. The predicted molar refractivity (Wildman–Crippen MR) is 89.1 cm³/mol. The van der Waals surface area contributed by atoms with Gasteiger partial charge in [-0.2, -0.15) is 10.2 Å². The number of rotatable bonds is 5. The summed E-state index contributed by atoms with van der Waals surface area (Å²) in [5, 5.41) is 14.8. The maximum absolute atomic E-state index is 12.4. The van der Waals surface area contributed by atoms with E-state index in [4.69, 9.17) is 4.74 Å². The molecule has 0 saturated heterocycles. The van der Waals surface area contributed by atoms with E-state index in [9.17, 15) is 4.79 Å². The second-order valence-corrected chi connectivity index (χ2v) is 5.13. The highest BCUT2D eigenvalue weighted by Gasteiger charge is 2.13. The van der Waals surface area contributed by atoms with Crippen molar-refractivity contribution in [3.8, 4) is 11.6 Å². The molecule has 0 atom stereocenters. The maximum atomic E-state index is 12.4. The van der Waals surface area contributed by atoms with Crippen molar-refractivity contribution in [1.29, 1.82) is 0 Å². The van der Waals surface area contributed by atoms with Crippen molar-refractivity contribution in [2.45, 2.75) is 20.4 Å². The van der Waals surface area contributed by atoms with Crippen LogP contribution in [0.2, 0.25) is 0 Å². The number of nitrogens with one attached hydrogen (secondary N) is 1. The van der Waals surface area contributed by atoms with Crippen LogP contribution in [0.4, 0.5) is 5.69 Å². The summed E-state index contributed by atoms with van der Waals surface area (Å²) in [4.78, 5) is 12.4. The van der Waals surface area contributed by atoms with Crippen LogP contribution in [0.25, 0.3) is 0 Å². The summed E-state index contributed by atoms with van der Waals surface area (Å²) in [7, 11) is 0. The van der Waals surface area contributed by atoms with Gasteiger partial charge in [0.25, 0.3) is 5.91 Å². The van der Waals surface area contributed by atoms with Crippen molar-refractivity contribution in [2.24, 2.45) is 0 Å². The van der Waals surface area contributed by atoms with Gasteiger partial charge in [-0.3, -0.25) is 9.48 Å². The molecule has 2 aromatic heterocycles. The first-order valence-electron chi connectivity index (χ1n) is 7.57. The SMILES string of the molecule is CCn1nc(C)cc1C(=O)Nc1cccc(Oc2cccnn2)c1. The van der Waals surface area contributed by atoms with Gasteiger partial charge in [0.05, 0.1) is 5.69 Å². The molecule has 122 valence electrons. The van der Waals surface area contributed by atoms with Gasteiger partial charge in [-0.25, -0.2) is 0 Å². The van der Waals surface area contributed by atoms with Gasteiger partial charge in [0, 0.05) is 30.6 Å². The fourth-order valence-corrected chi connectivity index (χ4v) is 2.26. The molecule has 0 aliphatic rings. The van der Waals surface area contributed by atoms with Crippen LogP contribution in [0.15, 0.2) is 48.7 Å². The molecule has 0 aliphatic carbocycles. The Hall–Kier alpha value is -3.22. The van der Waals surface area contributed by atoms with Crippen molar-refractivity contribution in [3.05, 3.63) is 60.0 Å². The Labute approximate surface area is 139 Å². The van der Waals surface area contributed by atoms with Crippen molar-refractivity contribution in [3.63, 3.8) is 0 Å². The minimum absolute atomic E-state index is 0.214. The van der Waals surface area contributed by atoms with Gasteiger partial charge in [-0.05, 0) is 38.1 Å². The number of anilines is 1. The molecule has 0 aliphatic heterocycles.